The fourth-order valence-electron chi connectivity index (χ4n) is 2.69. The van der Waals surface area contributed by atoms with E-state index < -0.39 is 0 Å². The summed E-state index contributed by atoms with van der Waals surface area (Å²) in [7, 11) is 0. The van der Waals surface area contributed by atoms with Gasteiger partial charge in [-0.15, -0.1) is 22.7 Å². The van der Waals surface area contributed by atoms with Crippen LogP contribution >= 0.6 is 22.7 Å². The quantitative estimate of drug-likeness (QED) is 0.445. The lowest BCUT2D eigenvalue weighted by Gasteiger charge is -1.96. The second kappa shape index (κ2) is 4.73. The van der Waals surface area contributed by atoms with Crippen molar-refractivity contribution in [3.63, 3.8) is 0 Å². The molecular weight excluding hydrogens is 312 g/mol. The molecule has 4 aromatic rings. The summed E-state index contributed by atoms with van der Waals surface area (Å²) in [5, 5.41) is 2.38. The van der Waals surface area contributed by atoms with Gasteiger partial charge in [-0.3, -0.25) is 9.59 Å². The van der Waals surface area contributed by atoms with Gasteiger partial charge in [-0.25, -0.2) is 0 Å². The summed E-state index contributed by atoms with van der Waals surface area (Å²) >= 11 is 3.43. The Kier molecular flexibility index (Phi) is 2.93. The van der Waals surface area contributed by atoms with Crippen molar-refractivity contribution >= 4 is 63.8 Å². The van der Waals surface area contributed by atoms with Crippen LogP contribution in [0.15, 0.2) is 36.4 Å². The summed E-state index contributed by atoms with van der Waals surface area (Å²) in [6.07, 6.45) is 0. The van der Waals surface area contributed by atoms with Crippen LogP contribution in [0.5, 0.6) is 0 Å². The van der Waals surface area contributed by atoms with Crippen LogP contribution in [0.2, 0.25) is 0 Å². The van der Waals surface area contributed by atoms with Crippen LogP contribution in [-0.4, -0.2) is 11.6 Å². The van der Waals surface area contributed by atoms with Crippen LogP contribution in [0.3, 0.4) is 0 Å². The Hall–Kier alpha value is -2.04. The van der Waals surface area contributed by atoms with Crippen molar-refractivity contribution < 1.29 is 9.59 Å². The summed E-state index contributed by atoms with van der Waals surface area (Å²) in [5.41, 5.74) is 1.51. The Morgan fingerprint density at radius 1 is 0.727 bits per heavy atom. The predicted octanol–water partition coefficient (Wildman–Crippen LogP) is 5.67. The molecule has 0 aliphatic carbocycles. The topological polar surface area (TPSA) is 34.1 Å². The molecule has 0 bridgehead atoms. The number of ketones is 2. The van der Waals surface area contributed by atoms with Gasteiger partial charge in [-0.05, 0) is 26.0 Å². The van der Waals surface area contributed by atoms with Crippen molar-refractivity contribution in [2.45, 2.75) is 13.8 Å². The molecule has 0 atom stereocenters. The Morgan fingerprint density at radius 2 is 1.14 bits per heavy atom. The fourth-order valence-corrected chi connectivity index (χ4v) is 5.43. The number of fused-ring (bicyclic) bond motifs is 5. The number of carbonyl (C=O) groups is 2. The monoisotopic (exact) mass is 324 g/mol. The van der Waals surface area contributed by atoms with Crippen molar-refractivity contribution in [2.75, 3.05) is 0 Å². The van der Waals surface area contributed by atoms with E-state index in [0.29, 0.717) is 0 Å². The summed E-state index contributed by atoms with van der Waals surface area (Å²) in [4.78, 5) is 23.1. The Labute approximate surface area is 135 Å². The Balaban J connectivity index is 2.05. The highest BCUT2D eigenvalue weighted by atomic mass is 32.1. The number of thiophene rings is 2. The summed E-state index contributed by atoms with van der Waals surface area (Å²) in [5.74, 6) is 0.184. The van der Waals surface area contributed by atoms with Crippen LogP contribution in [0, 0.1) is 0 Å². The molecule has 0 unspecified atom stereocenters. The standard InChI is InChI=1S/C18H12O2S2/c1-9(19)11-3-5-13-15(7-11)21-18-14-6-4-12(10(2)20)8-16(14)22-17(13)18/h3-8H,1-2H3. The highest BCUT2D eigenvalue weighted by Crippen LogP contribution is 2.44. The van der Waals surface area contributed by atoms with E-state index in [-0.39, 0.29) is 11.6 Å². The molecule has 2 aromatic carbocycles. The third kappa shape index (κ3) is 1.91. The third-order valence-corrected chi connectivity index (χ3v) is 6.40. The number of carbonyl (C=O) groups excluding carboxylic acids is 2. The number of benzene rings is 2. The Morgan fingerprint density at radius 3 is 1.50 bits per heavy atom. The second-order valence-corrected chi connectivity index (χ2v) is 7.50. The Bertz CT molecular complexity index is 995. The first-order chi connectivity index (χ1) is 10.5. The van der Waals surface area contributed by atoms with Gasteiger partial charge >= 0.3 is 0 Å². The summed E-state index contributed by atoms with van der Waals surface area (Å²) in [6, 6.07) is 11.8. The van der Waals surface area contributed by atoms with E-state index in [4.69, 9.17) is 0 Å². The lowest BCUT2D eigenvalue weighted by atomic mass is 10.1. The van der Waals surface area contributed by atoms with Crippen molar-refractivity contribution in [1.29, 1.82) is 0 Å². The van der Waals surface area contributed by atoms with Gasteiger partial charge in [-0.2, -0.15) is 0 Å². The zero-order valence-electron chi connectivity index (χ0n) is 12.1. The molecule has 0 saturated carbocycles. The zero-order valence-corrected chi connectivity index (χ0v) is 13.7. The lowest BCUT2D eigenvalue weighted by Crippen LogP contribution is -1.89. The van der Waals surface area contributed by atoms with Gasteiger partial charge < -0.3 is 0 Å². The van der Waals surface area contributed by atoms with E-state index in [9.17, 15) is 9.59 Å². The van der Waals surface area contributed by atoms with Crippen molar-refractivity contribution in [3.8, 4) is 0 Å². The first-order valence-corrected chi connectivity index (χ1v) is 8.58. The minimum absolute atomic E-state index is 0.0922. The van der Waals surface area contributed by atoms with Gasteiger partial charge in [-0.1, -0.05) is 24.3 Å². The smallest absolute Gasteiger partial charge is 0.159 e. The molecule has 0 fully saturated rings. The number of rotatable bonds is 2. The maximum Gasteiger partial charge on any atom is 0.159 e. The second-order valence-electron chi connectivity index (χ2n) is 5.40. The molecule has 0 radical (unpaired) electrons. The fraction of sp³-hybridized carbons (Fsp3) is 0.111. The van der Waals surface area contributed by atoms with E-state index in [0.717, 1.165) is 20.5 Å². The maximum absolute atomic E-state index is 11.5. The number of hydrogen-bond donors (Lipinski definition) is 0. The zero-order chi connectivity index (χ0) is 15.4. The van der Waals surface area contributed by atoms with Crippen molar-refractivity contribution in [3.05, 3.63) is 47.5 Å². The van der Waals surface area contributed by atoms with Crippen molar-refractivity contribution in [1.82, 2.24) is 0 Å². The first kappa shape index (κ1) is 13.6. The minimum atomic E-state index is 0.0922. The van der Waals surface area contributed by atoms with E-state index >= 15 is 0 Å². The maximum atomic E-state index is 11.5. The van der Waals surface area contributed by atoms with Crippen LogP contribution in [0.1, 0.15) is 34.6 Å². The van der Waals surface area contributed by atoms with E-state index in [2.05, 4.69) is 0 Å². The van der Waals surface area contributed by atoms with Crippen molar-refractivity contribution in [2.24, 2.45) is 0 Å². The molecule has 2 aromatic heterocycles. The SMILES string of the molecule is CC(=O)c1ccc2c(c1)sc1c3ccc(C(C)=O)cc3sc21. The van der Waals surface area contributed by atoms with E-state index in [1.54, 1.807) is 36.5 Å². The normalized spacial score (nSPS) is 11.5. The van der Waals surface area contributed by atoms with Gasteiger partial charge in [0.05, 0.1) is 9.40 Å². The number of hydrogen-bond acceptors (Lipinski definition) is 4. The molecule has 4 rings (SSSR count). The third-order valence-electron chi connectivity index (χ3n) is 3.90. The molecule has 0 aliphatic rings. The molecule has 0 spiro atoms. The molecular formula is C18H12O2S2. The predicted molar refractivity (Wildman–Crippen MR) is 94.7 cm³/mol. The molecule has 2 nitrogen and oxygen atoms in total. The molecule has 4 heteroatoms. The molecule has 2 heterocycles. The van der Waals surface area contributed by atoms with Gasteiger partial charge in [0.2, 0.25) is 0 Å². The molecule has 22 heavy (non-hydrogen) atoms. The highest BCUT2D eigenvalue weighted by Gasteiger charge is 2.14. The van der Waals surface area contributed by atoms with Crippen LogP contribution in [0.4, 0.5) is 0 Å². The molecule has 0 N–H and O–H groups in total. The molecule has 0 amide bonds. The number of Topliss-reactive ketones (excluding diaryl/α,β-unsaturated/α-hetero) is 2. The van der Waals surface area contributed by atoms with Gasteiger partial charge in [0.25, 0.3) is 0 Å². The summed E-state index contributed by atoms with van der Waals surface area (Å²) < 4.78 is 4.77. The van der Waals surface area contributed by atoms with Crippen LogP contribution in [-0.2, 0) is 0 Å². The average molecular weight is 324 g/mol. The van der Waals surface area contributed by atoms with Gasteiger partial charge in [0, 0.05) is 31.3 Å². The van der Waals surface area contributed by atoms with Crippen LogP contribution in [0.25, 0.3) is 29.6 Å². The molecule has 0 saturated heterocycles. The molecule has 108 valence electrons. The summed E-state index contributed by atoms with van der Waals surface area (Å²) in [6.45, 7) is 3.19. The average Bonchev–Trinajstić information content (AvgIpc) is 3.01. The highest BCUT2D eigenvalue weighted by molar-refractivity contribution is 7.36. The van der Waals surface area contributed by atoms with E-state index in [1.165, 1.54) is 20.2 Å². The molecule has 0 aliphatic heterocycles. The van der Waals surface area contributed by atoms with Gasteiger partial charge in [0.15, 0.2) is 11.6 Å². The van der Waals surface area contributed by atoms with Crippen LogP contribution < -0.4 is 0 Å². The van der Waals surface area contributed by atoms with E-state index in [1.807, 2.05) is 36.4 Å². The minimum Gasteiger partial charge on any atom is -0.295 e. The van der Waals surface area contributed by atoms with Gasteiger partial charge in [0.1, 0.15) is 0 Å². The first-order valence-electron chi connectivity index (χ1n) is 6.95. The largest absolute Gasteiger partial charge is 0.295 e. The lowest BCUT2D eigenvalue weighted by molar-refractivity contribution is 0.100.